The third-order valence-electron chi connectivity index (χ3n) is 4.61. The second-order valence-electron chi connectivity index (χ2n) is 6.14. The summed E-state index contributed by atoms with van der Waals surface area (Å²) in [6.45, 7) is 5.06. The largest absolute Gasteiger partial charge is 0.352 e. The molecule has 0 bridgehead atoms. The van der Waals surface area contributed by atoms with Gasteiger partial charge in [-0.15, -0.1) is 0 Å². The highest BCUT2D eigenvalue weighted by Crippen LogP contribution is 2.29. The van der Waals surface area contributed by atoms with Gasteiger partial charge in [-0.25, -0.2) is 4.39 Å². The van der Waals surface area contributed by atoms with Gasteiger partial charge in [-0.2, -0.15) is 0 Å². The number of rotatable bonds is 5. The third-order valence-corrected chi connectivity index (χ3v) is 4.61. The average molecular weight is 292 g/mol. The number of hydrogen-bond acceptors (Lipinski definition) is 2. The van der Waals surface area contributed by atoms with Gasteiger partial charge in [0, 0.05) is 18.2 Å². The van der Waals surface area contributed by atoms with E-state index in [1.165, 1.54) is 18.9 Å². The van der Waals surface area contributed by atoms with Gasteiger partial charge in [0.05, 0.1) is 6.54 Å². The Kier molecular flexibility index (Phi) is 5.74. The van der Waals surface area contributed by atoms with E-state index in [9.17, 15) is 9.18 Å². The Balaban J connectivity index is 1.74. The van der Waals surface area contributed by atoms with Crippen molar-refractivity contribution in [3.8, 4) is 0 Å². The van der Waals surface area contributed by atoms with Gasteiger partial charge in [0.2, 0.25) is 5.91 Å². The molecule has 3 atom stereocenters. The van der Waals surface area contributed by atoms with Crippen LogP contribution in [0.15, 0.2) is 24.3 Å². The molecule has 21 heavy (non-hydrogen) atoms. The van der Waals surface area contributed by atoms with Gasteiger partial charge in [0.25, 0.3) is 0 Å². The van der Waals surface area contributed by atoms with Crippen molar-refractivity contribution in [2.45, 2.75) is 45.7 Å². The van der Waals surface area contributed by atoms with Crippen molar-refractivity contribution in [3.05, 3.63) is 35.6 Å². The van der Waals surface area contributed by atoms with Crippen molar-refractivity contribution in [1.82, 2.24) is 10.6 Å². The lowest BCUT2D eigenvalue weighted by atomic mass is 9.78. The molecule has 2 rings (SSSR count). The third kappa shape index (κ3) is 4.53. The van der Waals surface area contributed by atoms with E-state index >= 15 is 0 Å². The lowest BCUT2D eigenvalue weighted by Crippen LogP contribution is -2.46. The molecule has 1 aromatic carbocycles. The molecule has 0 saturated heterocycles. The molecule has 0 aromatic heterocycles. The predicted octanol–water partition coefficient (Wildman–Crippen LogP) is 2.86. The molecule has 1 aliphatic carbocycles. The summed E-state index contributed by atoms with van der Waals surface area (Å²) in [4.78, 5) is 12.0. The molecule has 1 fully saturated rings. The van der Waals surface area contributed by atoms with Gasteiger partial charge in [0.1, 0.15) is 5.82 Å². The van der Waals surface area contributed by atoms with E-state index in [4.69, 9.17) is 0 Å². The zero-order chi connectivity index (χ0) is 15.2. The number of hydrogen-bond donors (Lipinski definition) is 2. The van der Waals surface area contributed by atoms with Gasteiger partial charge in [-0.1, -0.05) is 44.9 Å². The van der Waals surface area contributed by atoms with E-state index in [0.29, 0.717) is 23.9 Å². The van der Waals surface area contributed by atoms with Crippen molar-refractivity contribution in [2.24, 2.45) is 11.8 Å². The minimum atomic E-state index is -0.236. The highest BCUT2D eigenvalue weighted by Gasteiger charge is 2.27. The van der Waals surface area contributed by atoms with E-state index in [1.807, 2.05) is 0 Å². The normalized spacial score (nSPS) is 25.6. The summed E-state index contributed by atoms with van der Waals surface area (Å²) in [5.74, 6) is 0.946. The quantitative estimate of drug-likeness (QED) is 0.876. The molecule has 0 heterocycles. The molecule has 0 unspecified atom stereocenters. The minimum absolute atomic E-state index is 0.00251. The van der Waals surface area contributed by atoms with Crippen LogP contribution in [0.4, 0.5) is 4.39 Å². The fourth-order valence-corrected chi connectivity index (χ4v) is 3.00. The number of amides is 1. The monoisotopic (exact) mass is 292 g/mol. The fourth-order valence-electron chi connectivity index (χ4n) is 3.00. The van der Waals surface area contributed by atoms with Crippen LogP contribution in [-0.2, 0) is 11.3 Å². The van der Waals surface area contributed by atoms with Gasteiger partial charge in [-0.05, 0) is 24.3 Å². The van der Waals surface area contributed by atoms with Crippen LogP contribution < -0.4 is 10.6 Å². The summed E-state index contributed by atoms with van der Waals surface area (Å²) in [5.41, 5.74) is 0.588. The molecule has 1 aliphatic rings. The van der Waals surface area contributed by atoms with Crippen molar-refractivity contribution < 1.29 is 9.18 Å². The molecule has 0 spiro atoms. The maximum atomic E-state index is 13.4. The molecule has 2 N–H and O–H groups in total. The first-order valence-corrected chi connectivity index (χ1v) is 7.81. The Morgan fingerprint density at radius 3 is 2.81 bits per heavy atom. The molecule has 3 nitrogen and oxygen atoms in total. The van der Waals surface area contributed by atoms with Crippen LogP contribution in [0.3, 0.4) is 0 Å². The van der Waals surface area contributed by atoms with Crippen LogP contribution in [0.25, 0.3) is 0 Å². The van der Waals surface area contributed by atoms with E-state index in [2.05, 4.69) is 24.5 Å². The Morgan fingerprint density at radius 2 is 2.05 bits per heavy atom. The molecular formula is C17H25FN2O. The summed E-state index contributed by atoms with van der Waals surface area (Å²) < 4.78 is 13.4. The van der Waals surface area contributed by atoms with Crippen LogP contribution >= 0.6 is 0 Å². The Hall–Kier alpha value is -1.42. The maximum absolute atomic E-state index is 13.4. The van der Waals surface area contributed by atoms with Gasteiger partial charge < -0.3 is 10.6 Å². The topological polar surface area (TPSA) is 41.1 Å². The predicted molar refractivity (Wildman–Crippen MR) is 82.2 cm³/mol. The SMILES string of the molecule is C[C@@H]1[C@H](C)CCC[C@H]1NC(=O)CNCc1ccccc1F. The van der Waals surface area contributed by atoms with E-state index in [-0.39, 0.29) is 24.3 Å². The molecule has 1 amide bonds. The summed E-state index contributed by atoms with van der Waals surface area (Å²) in [6, 6.07) is 6.90. The fraction of sp³-hybridized carbons (Fsp3) is 0.588. The van der Waals surface area contributed by atoms with E-state index in [1.54, 1.807) is 18.2 Å². The molecular weight excluding hydrogens is 267 g/mol. The van der Waals surface area contributed by atoms with Crippen molar-refractivity contribution in [3.63, 3.8) is 0 Å². The summed E-state index contributed by atoms with van der Waals surface area (Å²) in [6.07, 6.45) is 3.49. The van der Waals surface area contributed by atoms with Crippen molar-refractivity contribution in [2.75, 3.05) is 6.54 Å². The van der Waals surface area contributed by atoms with Crippen LogP contribution in [-0.4, -0.2) is 18.5 Å². The first-order valence-electron chi connectivity index (χ1n) is 7.81. The Bertz CT molecular complexity index is 478. The van der Waals surface area contributed by atoms with Gasteiger partial charge >= 0.3 is 0 Å². The first kappa shape index (κ1) is 16.0. The molecule has 116 valence electrons. The highest BCUT2D eigenvalue weighted by molar-refractivity contribution is 5.78. The number of benzene rings is 1. The number of carbonyl (C=O) groups excluding carboxylic acids is 1. The average Bonchev–Trinajstić information content (AvgIpc) is 2.46. The van der Waals surface area contributed by atoms with E-state index in [0.717, 1.165) is 6.42 Å². The minimum Gasteiger partial charge on any atom is -0.352 e. The van der Waals surface area contributed by atoms with E-state index < -0.39 is 0 Å². The standard InChI is InChI=1S/C17H25FN2O/c1-12-6-5-9-16(13(12)2)20-17(21)11-19-10-14-7-3-4-8-15(14)18/h3-4,7-8,12-13,16,19H,5-6,9-11H2,1-2H3,(H,20,21)/t12-,13-,16-/m1/s1. The van der Waals surface area contributed by atoms with Crippen molar-refractivity contribution in [1.29, 1.82) is 0 Å². The molecule has 4 heteroatoms. The number of halogens is 1. The molecule has 0 radical (unpaired) electrons. The molecule has 1 saturated carbocycles. The summed E-state index contributed by atoms with van der Waals surface area (Å²) in [7, 11) is 0. The highest BCUT2D eigenvalue weighted by atomic mass is 19.1. The summed E-state index contributed by atoms with van der Waals surface area (Å²) >= 11 is 0. The zero-order valence-electron chi connectivity index (χ0n) is 12.9. The zero-order valence-corrected chi connectivity index (χ0v) is 12.9. The Labute approximate surface area is 126 Å². The lowest BCUT2D eigenvalue weighted by Gasteiger charge is -2.34. The molecule has 0 aliphatic heterocycles. The Morgan fingerprint density at radius 1 is 1.29 bits per heavy atom. The first-order chi connectivity index (χ1) is 10.1. The number of nitrogens with one attached hydrogen (secondary N) is 2. The second kappa shape index (κ2) is 7.55. The van der Waals surface area contributed by atoms with Crippen LogP contribution in [0.5, 0.6) is 0 Å². The van der Waals surface area contributed by atoms with Crippen LogP contribution in [0.1, 0.15) is 38.7 Å². The van der Waals surface area contributed by atoms with Crippen LogP contribution in [0, 0.1) is 17.7 Å². The lowest BCUT2D eigenvalue weighted by molar-refractivity contribution is -0.121. The smallest absolute Gasteiger partial charge is 0.234 e. The van der Waals surface area contributed by atoms with Crippen LogP contribution in [0.2, 0.25) is 0 Å². The van der Waals surface area contributed by atoms with Gasteiger partial charge in [-0.3, -0.25) is 4.79 Å². The maximum Gasteiger partial charge on any atom is 0.234 e. The van der Waals surface area contributed by atoms with Gasteiger partial charge in [0.15, 0.2) is 0 Å². The summed E-state index contributed by atoms with van der Waals surface area (Å²) in [5, 5.41) is 6.11. The van der Waals surface area contributed by atoms with Crippen molar-refractivity contribution >= 4 is 5.91 Å². The molecule has 1 aromatic rings. The second-order valence-corrected chi connectivity index (χ2v) is 6.14. The number of carbonyl (C=O) groups is 1.